The zero-order valence-corrected chi connectivity index (χ0v) is 9.15. The molecule has 0 aliphatic carbocycles. The Balaban J connectivity index is 2.55. The Morgan fingerprint density at radius 2 is 2.00 bits per heavy atom. The highest BCUT2D eigenvalue weighted by atomic mass is 16.2. The maximum atomic E-state index is 11.3. The standard InChI is InChI=1S/C12H18N2O/c1-11(15)14(9-5-8-13)10-12-6-3-2-4-7-12/h2-4,6-7H,5,8-10,13H2,1H3. The Labute approximate surface area is 90.9 Å². The van der Waals surface area contributed by atoms with Crippen molar-refractivity contribution in [3.63, 3.8) is 0 Å². The van der Waals surface area contributed by atoms with Gasteiger partial charge < -0.3 is 10.6 Å². The Hall–Kier alpha value is -1.35. The second-order valence-corrected chi connectivity index (χ2v) is 3.57. The molecule has 0 aromatic heterocycles. The van der Waals surface area contributed by atoms with Crippen LogP contribution in [0.15, 0.2) is 30.3 Å². The first-order valence-corrected chi connectivity index (χ1v) is 5.23. The summed E-state index contributed by atoms with van der Waals surface area (Å²) in [6.45, 7) is 3.63. The average molecular weight is 206 g/mol. The molecule has 0 aliphatic heterocycles. The number of nitrogens with zero attached hydrogens (tertiary/aromatic N) is 1. The Kier molecular flexibility index (Phi) is 4.84. The third-order valence-electron chi connectivity index (χ3n) is 2.29. The van der Waals surface area contributed by atoms with Gasteiger partial charge in [0.15, 0.2) is 0 Å². The minimum Gasteiger partial charge on any atom is -0.339 e. The number of hydrogen-bond donors (Lipinski definition) is 1. The van der Waals surface area contributed by atoms with Gasteiger partial charge in [-0.25, -0.2) is 0 Å². The highest BCUT2D eigenvalue weighted by Crippen LogP contribution is 2.04. The number of hydrogen-bond acceptors (Lipinski definition) is 2. The van der Waals surface area contributed by atoms with Crippen molar-refractivity contribution in [3.8, 4) is 0 Å². The lowest BCUT2D eigenvalue weighted by Crippen LogP contribution is -2.30. The molecule has 1 rings (SSSR count). The first-order valence-electron chi connectivity index (χ1n) is 5.23. The maximum Gasteiger partial charge on any atom is 0.219 e. The second kappa shape index (κ2) is 6.19. The van der Waals surface area contributed by atoms with Crippen molar-refractivity contribution in [2.24, 2.45) is 5.73 Å². The molecule has 0 bridgehead atoms. The summed E-state index contributed by atoms with van der Waals surface area (Å²) >= 11 is 0. The first-order chi connectivity index (χ1) is 7.24. The zero-order valence-electron chi connectivity index (χ0n) is 9.15. The van der Waals surface area contributed by atoms with Crippen LogP contribution in [0.5, 0.6) is 0 Å². The van der Waals surface area contributed by atoms with E-state index in [1.807, 2.05) is 35.2 Å². The van der Waals surface area contributed by atoms with Gasteiger partial charge in [-0.1, -0.05) is 30.3 Å². The molecule has 82 valence electrons. The van der Waals surface area contributed by atoms with Gasteiger partial charge in [0.2, 0.25) is 5.91 Å². The molecule has 0 unspecified atom stereocenters. The van der Waals surface area contributed by atoms with Gasteiger partial charge in [-0.15, -0.1) is 0 Å². The van der Waals surface area contributed by atoms with Gasteiger partial charge in [0.05, 0.1) is 0 Å². The fourth-order valence-corrected chi connectivity index (χ4v) is 1.43. The average Bonchev–Trinajstić information content (AvgIpc) is 2.25. The van der Waals surface area contributed by atoms with E-state index < -0.39 is 0 Å². The van der Waals surface area contributed by atoms with Crippen LogP contribution in [0.2, 0.25) is 0 Å². The lowest BCUT2D eigenvalue weighted by Gasteiger charge is -2.20. The van der Waals surface area contributed by atoms with Crippen LogP contribution in [0.25, 0.3) is 0 Å². The van der Waals surface area contributed by atoms with Crippen molar-refractivity contribution in [1.82, 2.24) is 4.90 Å². The summed E-state index contributed by atoms with van der Waals surface area (Å²) in [5.41, 5.74) is 6.59. The zero-order chi connectivity index (χ0) is 11.1. The summed E-state index contributed by atoms with van der Waals surface area (Å²) < 4.78 is 0. The molecule has 15 heavy (non-hydrogen) atoms. The summed E-state index contributed by atoms with van der Waals surface area (Å²) in [5.74, 6) is 0.104. The fourth-order valence-electron chi connectivity index (χ4n) is 1.43. The number of amides is 1. The quantitative estimate of drug-likeness (QED) is 0.791. The normalized spacial score (nSPS) is 10.0. The molecule has 1 aromatic carbocycles. The summed E-state index contributed by atoms with van der Waals surface area (Å²) in [7, 11) is 0. The molecule has 0 saturated heterocycles. The van der Waals surface area contributed by atoms with Crippen LogP contribution >= 0.6 is 0 Å². The van der Waals surface area contributed by atoms with Crippen molar-refractivity contribution in [2.75, 3.05) is 13.1 Å². The molecular formula is C12H18N2O. The van der Waals surface area contributed by atoms with E-state index in [0.29, 0.717) is 13.1 Å². The van der Waals surface area contributed by atoms with Crippen molar-refractivity contribution in [1.29, 1.82) is 0 Å². The van der Waals surface area contributed by atoms with Crippen LogP contribution in [0.3, 0.4) is 0 Å². The summed E-state index contributed by atoms with van der Waals surface area (Å²) in [4.78, 5) is 13.2. The van der Waals surface area contributed by atoms with Gasteiger partial charge in [0.1, 0.15) is 0 Å². The van der Waals surface area contributed by atoms with Crippen LogP contribution in [0.4, 0.5) is 0 Å². The highest BCUT2D eigenvalue weighted by molar-refractivity contribution is 5.73. The van der Waals surface area contributed by atoms with Crippen LogP contribution in [0.1, 0.15) is 18.9 Å². The number of nitrogens with two attached hydrogens (primary N) is 1. The van der Waals surface area contributed by atoms with Crippen molar-refractivity contribution in [3.05, 3.63) is 35.9 Å². The van der Waals surface area contributed by atoms with Crippen molar-refractivity contribution < 1.29 is 4.79 Å². The van der Waals surface area contributed by atoms with Crippen LogP contribution in [-0.2, 0) is 11.3 Å². The Morgan fingerprint density at radius 1 is 1.33 bits per heavy atom. The van der Waals surface area contributed by atoms with E-state index in [-0.39, 0.29) is 5.91 Å². The van der Waals surface area contributed by atoms with E-state index in [9.17, 15) is 4.79 Å². The molecule has 0 spiro atoms. The summed E-state index contributed by atoms with van der Waals surface area (Å²) in [6, 6.07) is 9.99. The van der Waals surface area contributed by atoms with Gasteiger partial charge in [-0.05, 0) is 18.5 Å². The molecule has 1 aromatic rings. The lowest BCUT2D eigenvalue weighted by atomic mass is 10.2. The molecule has 3 heteroatoms. The number of benzene rings is 1. The van der Waals surface area contributed by atoms with E-state index in [1.165, 1.54) is 0 Å². The molecule has 0 heterocycles. The highest BCUT2D eigenvalue weighted by Gasteiger charge is 2.07. The van der Waals surface area contributed by atoms with E-state index in [1.54, 1.807) is 6.92 Å². The summed E-state index contributed by atoms with van der Waals surface area (Å²) in [5, 5.41) is 0. The van der Waals surface area contributed by atoms with Crippen molar-refractivity contribution >= 4 is 5.91 Å². The number of carbonyl (C=O) groups excluding carboxylic acids is 1. The van der Waals surface area contributed by atoms with Gasteiger partial charge in [0, 0.05) is 20.0 Å². The number of carbonyl (C=O) groups is 1. The van der Waals surface area contributed by atoms with Crippen LogP contribution in [-0.4, -0.2) is 23.9 Å². The third-order valence-corrected chi connectivity index (χ3v) is 2.29. The predicted octanol–water partition coefficient (Wildman–Crippen LogP) is 1.38. The topological polar surface area (TPSA) is 46.3 Å². The summed E-state index contributed by atoms with van der Waals surface area (Å²) in [6.07, 6.45) is 0.854. The van der Waals surface area contributed by atoms with Gasteiger partial charge in [0.25, 0.3) is 0 Å². The van der Waals surface area contributed by atoms with E-state index in [2.05, 4.69) is 0 Å². The molecule has 0 radical (unpaired) electrons. The fraction of sp³-hybridized carbons (Fsp3) is 0.417. The maximum absolute atomic E-state index is 11.3. The molecule has 0 saturated carbocycles. The van der Waals surface area contributed by atoms with Gasteiger partial charge in [-0.2, -0.15) is 0 Å². The van der Waals surface area contributed by atoms with Crippen LogP contribution in [0, 0.1) is 0 Å². The molecule has 0 atom stereocenters. The monoisotopic (exact) mass is 206 g/mol. The second-order valence-electron chi connectivity index (χ2n) is 3.57. The third kappa shape index (κ3) is 4.13. The number of rotatable bonds is 5. The molecule has 0 aliphatic rings. The lowest BCUT2D eigenvalue weighted by molar-refractivity contribution is -0.129. The minimum atomic E-state index is 0.104. The Morgan fingerprint density at radius 3 is 2.53 bits per heavy atom. The van der Waals surface area contributed by atoms with E-state index >= 15 is 0 Å². The van der Waals surface area contributed by atoms with Gasteiger partial charge >= 0.3 is 0 Å². The van der Waals surface area contributed by atoms with E-state index in [4.69, 9.17) is 5.73 Å². The van der Waals surface area contributed by atoms with Gasteiger partial charge in [-0.3, -0.25) is 4.79 Å². The molecular weight excluding hydrogens is 188 g/mol. The SMILES string of the molecule is CC(=O)N(CCCN)Cc1ccccc1. The molecule has 3 nitrogen and oxygen atoms in total. The van der Waals surface area contributed by atoms with E-state index in [0.717, 1.165) is 18.5 Å². The Bertz CT molecular complexity index is 298. The first kappa shape index (κ1) is 11.7. The van der Waals surface area contributed by atoms with Crippen molar-refractivity contribution in [2.45, 2.75) is 19.9 Å². The molecule has 1 amide bonds. The predicted molar refractivity (Wildman–Crippen MR) is 61.2 cm³/mol. The largest absolute Gasteiger partial charge is 0.339 e. The smallest absolute Gasteiger partial charge is 0.219 e. The molecule has 2 N–H and O–H groups in total. The minimum absolute atomic E-state index is 0.104. The molecule has 0 fully saturated rings. The van der Waals surface area contributed by atoms with Crippen LogP contribution < -0.4 is 5.73 Å².